The number of nitrogens with zero attached hydrogens (tertiary/aromatic N) is 6. The first kappa shape index (κ1) is 25.1. The second-order valence-electron chi connectivity index (χ2n) is 11.0. The summed E-state index contributed by atoms with van der Waals surface area (Å²) in [5.41, 5.74) is 5.85. The Kier molecular flexibility index (Phi) is 5.49. The van der Waals surface area contributed by atoms with Crippen LogP contribution in [0.1, 0.15) is 54.0 Å². The average molecular weight is 585 g/mol. The molecule has 0 bridgehead atoms. The minimum Gasteiger partial charge on any atom is -0.359 e. The van der Waals surface area contributed by atoms with Gasteiger partial charge in [-0.15, -0.1) is 5.10 Å². The summed E-state index contributed by atoms with van der Waals surface area (Å²) in [5.74, 6) is 1.81. The molecule has 5 heterocycles. The van der Waals surface area contributed by atoms with E-state index in [1.807, 2.05) is 18.3 Å². The van der Waals surface area contributed by atoms with E-state index in [9.17, 15) is 13.6 Å². The summed E-state index contributed by atoms with van der Waals surface area (Å²) < 4.78 is 29.4. The number of rotatable bonds is 5. The molecule has 3 atom stereocenters. The maximum Gasteiger partial charge on any atom is 0.283 e. The highest BCUT2D eigenvalue weighted by atomic mass is 35.5. The number of aryl methyl sites for hydroxylation is 1. The number of benzene rings is 2. The summed E-state index contributed by atoms with van der Waals surface area (Å²) in [6.45, 7) is 4.03. The van der Waals surface area contributed by atoms with Crippen molar-refractivity contribution in [3.8, 4) is 28.3 Å². The molecule has 2 aliphatic heterocycles. The summed E-state index contributed by atoms with van der Waals surface area (Å²) in [5, 5.41) is 11.2. The predicted octanol–water partition coefficient (Wildman–Crippen LogP) is 6.05. The van der Waals surface area contributed by atoms with E-state index in [-0.39, 0.29) is 23.4 Å². The van der Waals surface area contributed by atoms with Crippen molar-refractivity contribution in [2.24, 2.45) is 5.92 Å². The van der Waals surface area contributed by atoms with E-state index in [1.165, 1.54) is 16.3 Å². The minimum atomic E-state index is -2.76. The molecule has 9 nitrogen and oxygen atoms in total. The van der Waals surface area contributed by atoms with Crippen LogP contribution in [0.2, 0.25) is 5.02 Å². The van der Waals surface area contributed by atoms with E-state index in [4.69, 9.17) is 16.6 Å². The van der Waals surface area contributed by atoms with Gasteiger partial charge in [-0.25, -0.2) is 23.4 Å². The Labute approximate surface area is 242 Å². The van der Waals surface area contributed by atoms with Crippen LogP contribution in [-0.2, 0) is 6.42 Å². The van der Waals surface area contributed by atoms with Crippen LogP contribution in [-0.4, -0.2) is 34.5 Å². The Morgan fingerprint density at radius 1 is 1.12 bits per heavy atom. The van der Waals surface area contributed by atoms with Crippen molar-refractivity contribution in [2.45, 2.75) is 37.6 Å². The molecule has 3 aromatic heterocycles. The molecule has 3 unspecified atom stereocenters. The van der Waals surface area contributed by atoms with Gasteiger partial charge in [0.05, 0.1) is 35.5 Å². The molecule has 12 heteroatoms. The van der Waals surface area contributed by atoms with E-state index in [0.717, 1.165) is 53.9 Å². The second kappa shape index (κ2) is 9.18. The maximum atomic E-state index is 13.7. The number of aromatic nitrogens is 7. The molecule has 5 aromatic rings. The van der Waals surface area contributed by atoms with Crippen LogP contribution in [0.4, 0.5) is 14.5 Å². The third-order valence-corrected chi connectivity index (χ3v) is 8.59. The Balaban J connectivity index is 1.16. The number of anilines is 1. The SMILES string of the molecule is C=C1CCc2cc(-c3ncc(C4C5CC5c5nc(-c6cc(Cl)ccc6-n6cc(C(F)F)nn6)cc(=O)n54)[nH]3)ccc2N1. The lowest BCUT2D eigenvalue weighted by atomic mass is 9.99. The third-order valence-electron chi connectivity index (χ3n) is 8.35. The molecule has 0 amide bonds. The molecule has 210 valence electrons. The lowest BCUT2D eigenvalue weighted by Crippen LogP contribution is -2.27. The molecule has 1 saturated carbocycles. The normalized spacial score (nSPS) is 20.3. The highest BCUT2D eigenvalue weighted by molar-refractivity contribution is 6.31. The van der Waals surface area contributed by atoms with Gasteiger partial charge in [-0.1, -0.05) is 23.4 Å². The zero-order chi connectivity index (χ0) is 28.7. The van der Waals surface area contributed by atoms with Crippen LogP contribution in [0.25, 0.3) is 28.3 Å². The Hall–Kier alpha value is -4.64. The summed E-state index contributed by atoms with van der Waals surface area (Å²) in [4.78, 5) is 26.7. The minimum absolute atomic E-state index is 0.136. The van der Waals surface area contributed by atoms with Gasteiger partial charge in [0.25, 0.3) is 12.0 Å². The second-order valence-corrected chi connectivity index (χ2v) is 11.4. The zero-order valence-electron chi connectivity index (χ0n) is 22.1. The van der Waals surface area contributed by atoms with E-state index in [0.29, 0.717) is 27.8 Å². The molecule has 1 fully saturated rings. The number of H-pyrrole nitrogens is 1. The molecule has 3 aliphatic rings. The van der Waals surface area contributed by atoms with Crippen molar-refractivity contribution in [3.05, 3.63) is 105 Å². The van der Waals surface area contributed by atoms with Crippen LogP contribution in [0.15, 0.2) is 71.9 Å². The number of hydrogen-bond acceptors (Lipinski definition) is 6. The number of nitrogens with one attached hydrogen (secondary N) is 2. The highest BCUT2D eigenvalue weighted by Gasteiger charge is 2.55. The molecule has 42 heavy (non-hydrogen) atoms. The average Bonchev–Trinajstić information content (AvgIpc) is 3.30. The quantitative estimate of drug-likeness (QED) is 0.260. The van der Waals surface area contributed by atoms with Crippen molar-refractivity contribution < 1.29 is 8.78 Å². The Morgan fingerprint density at radius 3 is 2.83 bits per heavy atom. The van der Waals surface area contributed by atoms with Gasteiger partial charge in [-0.3, -0.25) is 9.36 Å². The van der Waals surface area contributed by atoms with Gasteiger partial charge < -0.3 is 10.3 Å². The molecule has 0 spiro atoms. The van der Waals surface area contributed by atoms with Gasteiger partial charge in [0.15, 0.2) is 0 Å². The lowest BCUT2D eigenvalue weighted by molar-refractivity contribution is 0.146. The fourth-order valence-corrected chi connectivity index (χ4v) is 6.43. The van der Waals surface area contributed by atoms with E-state index >= 15 is 0 Å². The largest absolute Gasteiger partial charge is 0.359 e. The maximum absolute atomic E-state index is 13.7. The standard InChI is InChI=1S/C30H23ClF2N8O/c1-14-2-3-15-8-16(4-6-21(15)35-14)29-34-12-23(36-29)27-18-10-19(18)30-37-22(11-26(42)41(27)30)20-9-17(31)5-7-25(20)40-13-24(28(32)33)38-39-40/h4-9,11-13,18-19,27-28,35H,1-3,10H2,(H,34,36). The number of imidazole rings is 1. The number of hydrogen-bond donors (Lipinski definition) is 2. The van der Waals surface area contributed by atoms with Crippen molar-refractivity contribution in [1.29, 1.82) is 0 Å². The van der Waals surface area contributed by atoms with Crippen LogP contribution >= 0.6 is 11.6 Å². The van der Waals surface area contributed by atoms with E-state index < -0.39 is 12.1 Å². The van der Waals surface area contributed by atoms with Crippen molar-refractivity contribution in [2.75, 3.05) is 5.32 Å². The van der Waals surface area contributed by atoms with Crippen LogP contribution in [0.3, 0.4) is 0 Å². The van der Waals surface area contributed by atoms with Gasteiger partial charge in [-0.05, 0) is 67.1 Å². The summed E-state index contributed by atoms with van der Waals surface area (Å²) in [7, 11) is 0. The molecule has 0 saturated heterocycles. The lowest BCUT2D eigenvalue weighted by Gasteiger charge is -2.20. The summed E-state index contributed by atoms with van der Waals surface area (Å²) in [6.07, 6.45) is 2.94. The number of aromatic amines is 1. The van der Waals surface area contributed by atoms with Gasteiger partial charge in [0, 0.05) is 39.5 Å². The van der Waals surface area contributed by atoms with Gasteiger partial charge in [0.1, 0.15) is 17.3 Å². The highest BCUT2D eigenvalue weighted by Crippen LogP contribution is 2.60. The fourth-order valence-electron chi connectivity index (χ4n) is 6.26. The molecule has 2 N–H and O–H groups in total. The van der Waals surface area contributed by atoms with E-state index in [1.54, 1.807) is 22.8 Å². The predicted molar refractivity (Wildman–Crippen MR) is 153 cm³/mol. The van der Waals surface area contributed by atoms with E-state index in [2.05, 4.69) is 38.2 Å². The van der Waals surface area contributed by atoms with Crippen LogP contribution < -0.4 is 10.9 Å². The summed E-state index contributed by atoms with van der Waals surface area (Å²) in [6, 6.07) is 12.4. The third kappa shape index (κ3) is 3.98. The van der Waals surface area contributed by atoms with Gasteiger partial charge in [-0.2, -0.15) is 0 Å². The smallest absolute Gasteiger partial charge is 0.283 e. The van der Waals surface area contributed by atoms with Gasteiger partial charge in [0.2, 0.25) is 0 Å². The number of alkyl halides is 2. The first-order chi connectivity index (χ1) is 20.3. The first-order valence-electron chi connectivity index (χ1n) is 13.6. The Bertz CT molecular complexity index is 1980. The molecular formula is C30H23ClF2N8O. The van der Waals surface area contributed by atoms with Gasteiger partial charge >= 0.3 is 0 Å². The molecule has 0 radical (unpaired) electrons. The van der Waals surface area contributed by atoms with Crippen LogP contribution in [0, 0.1) is 5.92 Å². The Morgan fingerprint density at radius 2 is 2.00 bits per heavy atom. The summed E-state index contributed by atoms with van der Waals surface area (Å²) >= 11 is 6.31. The molecule has 2 aromatic carbocycles. The number of halogens is 3. The molecular weight excluding hydrogens is 562 g/mol. The zero-order valence-corrected chi connectivity index (χ0v) is 22.8. The monoisotopic (exact) mass is 584 g/mol. The first-order valence-corrected chi connectivity index (χ1v) is 14.0. The van der Waals surface area contributed by atoms with Crippen molar-refractivity contribution in [1.82, 2.24) is 34.5 Å². The fraction of sp³-hybridized carbons (Fsp3) is 0.233. The van der Waals surface area contributed by atoms with Crippen molar-refractivity contribution in [3.63, 3.8) is 0 Å². The van der Waals surface area contributed by atoms with Crippen molar-refractivity contribution >= 4 is 17.3 Å². The molecule has 8 rings (SSSR count). The number of allylic oxidation sites excluding steroid dienone is 1. The topological polar surface area (TPSA) is 106 Å². The molecule has 1 aliphatic carbocycles. The number of fused-ring (bicyclic) bond motifs is 4. The van der Waals surface area contributed by atoms with Crippen LogP contribution in [0.5, 0.6) is 0 Å².